The number of ether oxygens (including phenoxy) is 2. The molecular weight excluding hydrogens is 226 g/mol. The van der Waals surface area contributed by atoms with E-state index in [1.807, 2.05) is 0 Å². The standard InChI is InChI=1S/C11H13NO5/c1-9(8-13)16-6-7-17-11-5-3-2-4-10(11)12(14)15/h2-5,8-9H,6-7H2,1H3. The topological polar surface area (TPSA) is 78.7 Å². The van der Waals surface area contributed by atoms with Crippen molar-refractivity contribution in [2.45, 2.75) is 13.0 Å². The van der Waals surface area contributed by atoms with Crippen LogP contribution in [-0.4, -0.2) is 30.5 Å². The summed E-state index contributed by atoms with van der Waals surface area (Å²) in [5.41, 5.74) is -0.0871. The van der Waals surface area contributed by atoms with Crippen LogP contribution in [0.25, 0.3) is 0 Å². The van der Waals surface area contributed by atoms with Gasteiger partial charge in [0, 0.05) is 6.07 Å². The summed E-state index contributed by atoms with van der Waals surface area (Å²) < 4.78 is 10.3. The van der Waals surface area contributed by atoms with Gasteiger partial charge in [-0.2, -0.15) is 0 Å². The minimum absolute atomic E-state index is 0.0871. The number of carbonyl (C=O) groups is 1. The third kappa shape index (κ3) is 4.20. The number of benzene rings is 1. The molecule has 0 aliphatic heterocycles. The molecule has 0 aliphatic carbocycles. The molecule has 0 N–H and O–H groups in total. The summed E-state index contributed by atoms with van der Waals surface area (Å²) in [6, 6.07) is 6.10. The van der Waals surface area contributed by atoms with Gasteiger partial charge in [0.15, 0.2) is 5.75 Å². The van der Waals surface area contributed by atoms with Crippen LogP contribution in [0.5, 0.6) is 5.75 Å². The first-order chi connectivity index (χ1) is 8.15. The Labute approximate surface area is 98.3 Å². The first-order valence-corrected chi connectivity index (χ1v) is 5.08. The van der Waals surface area contributed by atoms with Crippen molar-refractivity contribution in [1.82, 2.24) is 0 Å². The van der Waals surface area contributed by atoms with Crippen LogP contribution in [0.3, 0.4) is 0 Å². The van der Waals surface area contributed by atoms with Crippen LogP contribution >= 0.6 is 0 Å². The van der Waals surface area contributed by atoms with E-state index in [0.717, 1.165) is 0 Å². The number of hydrogen-bond donors (Lipinski definition) is 0. The van der Waals surface area contributed by atoms with Gasteiger partial charge in [-0.15, -0.1) is 0 Å². The summed E-state index contributed by atoms with van der Waals surface area (Å²) in [6.45, 7) is 1.97. The van der Waals surface area contributed by atoms with Gasteiger partial charge in [-0.05, 0) is 13.0 Å². The number of carbonyl (C=O) groups excluding carboxylic acids is 1. The molecule has 1 atom stereocenters. The molecule has 1 aromatic rings. The van der Waals surface area contributed by atoms with E-state index in [9.17, 15) is 14.9 Å². The minimum Gasteiger partial charge on any atom is -0.484 e. The zero-order valence-electron chi connectivity index (χ0n) is 9.37. The van der Waals surface area contributed by atoms with Gasteiger partial charge >= 0.3 is 5.69 Å². The number of nitro benzene ring substituents is 1. The molecule has 0 aliphatic rings. The SMILES string of the molecule is CC(C=O)OCCOc1ccccc1[N+](=O)[O-]. The molecule has 17 heavy (non-hydrogen) atoms. The molecule has 6 heteroatoms. The predicted octanol–water partition coefficient (Wildman–Crippen LogP) is 1.58. The Bertz CT molecular complexity index is 393. The third-order valence-electron chi connectivity index (χ3n) is 1.98. The second-order valence-corrected chi connectivity index (χ2v) is 3.29. The second kappa shape index (κ2) is 6.59. The molecule has 0 radical (unpaired) electrons. The van der Waals surface area contributed by atoms with E-state index in [1.54, 1.807) is 19.1 Å². The van der Waals surface area contributed by atoms with Crippen molar-refractivity contribution in [2.24, 2.45) is 0 Å². The molecule has 1 aromatic carbocycles. The molecule has 0 bridgehead atoms. The zero-order chi connectivity index (χ0) is 12.7. The predicted molar refractivity (Wildman–Crippen MR) is 60.1 cm³/mol. The average Bonchev–Trinajstić information content (AvgIpc) is 2.34. The Morgan fingerprint density at radius 1 is 1.41 bits per heavy atom. The zero-order valence-corrected chi connectivity index (χ0v) is 9.37. The molecule has 1 rings (SSSR count). The summed E-state index contributed by atoms with van der Waals surface area (Å²) in [5, 5.41) is 10.7. The van der Waals surface area contributed by atoms with E-state index in [1.165, 1.54) is 12.1 Å². The van der Waals surface area contributed by atoms with E-state index < -0.39 is 11.0 Å². The van der Waals surface area contributed by atoms with E-state index in [4.69, 9.17) is 9.47 Å². The molecular formula is C11H13NO5. The quantitative estimate of drug-likeness (QED) is 0.312. The fourth-order valence-electron chi connectivity index (χ4n) is 1.15. The van der Waals surface area contributed by atoms with Crippen LogP contribution in [0.2, 0.25) is 0 Å². The Balaban J connectivity index is 2.46. The van der Waals surface area contributed by atoms with Crippen molar-refractivity contribution >= 4 is 12.0 Å². The van der Waals surface area contributed by atoms with Crippen LogP contribution in [0, 0.1) is 10.1 Å². The Hall–Kier alpha value is -1.95. The fourth-order valence-corrected chi connectivity index (χ4v) is 1.15. The third-order valence-corrected chi connectivity index (χ3v) is 1.98. The summed E-state index contributed by atoms with van der Waals surface area (Å²) >= 11 is 0. The smallest absolute Gasteiger partial charge is 0.310 e. The minimum atomic E-state index is -0.510. The highest BCUT2D eigenvalue weighted by molar-refractivity contribution is 5.55. The van der Waals surface area contributed by atoms with Crippen LogP contribution in [-0.2, 0) is 9.53 Å². The molecule has 0 saturated carbocycles. The maximum absolute atomic E-state index is 10.7. The molecule has 0 fully saturated rings. The lowest BCUT2D eigenvalue weighted by atomic mass is 10.3. The lowest BCUT2D eigenvalue weighted by molar-refractivity contribution is -0.385. The normalized spacial score (nSPS) is 11.8. The van der Waals surface area contributed by atoms with E-state index in [-0.39, 0.29) is 24.7 Å². The summed E-state index contributed by atoms with van der Waals surface area (Å²) in [6.07, 6.45) is 0.176. The van der Waals surface area contributed by atoms with Gasteiger partial charge in [-0.1, -0.05) is 12.1 Å². The number of para-hydroxylation sites is 2. The van der Waals surface area contributed by atoms with Gasteiger partial charge in [-0.3, -0.25) is 10.1 Å². The lowest BCUT2D eigenvalue weighted by Crippen LogP contribution is -2.15. The summed E-state index contributed by atoms with van der Waals surface area (Å²) in [7, 11) is 0. The van der Waals surface area contributed by atoms with Gasteiger partial charge in [0.25, 0.3) is 0 Å². The molecule has 92 valence electrons. The van der Waals surface area contributed by atoms with E-state index >= 15 is 0 Å². The van der Waals surface area contributed by atoms with Crippen molar-refractivity contribution in [3.05, 3.63) is 34.4 Å². The van der Waals surface area contributed by atoms with Crippen LogP contribution in [0.4, 0.5) is 5.69 Å². The molecule has 0 amide bonds. The lowest BCUT2D eigenvalue weighted by Gasteiger charge is -2.08. The van der Waals surface area contributed by atoms with Crippen molar-refractivity contribution in [2.75, 3.05) is 13.2 Å². The van der Waals surface area contributed by atoms with Gasteiger partial charge < -0.3 is 14.3 Å². The van der Waals surface area contributed by atoms with Crippen molar-refractivity contribution in [3.8, 4) is 5.75 Å². The monoisotopic (exact) mass is 239 g/mol. The van der Waals surface area contributed by atoms with Gasteiger partial charge in [0.05, 0.1) is 11.5 Å². The molecule has 1 unspecified atom stereocenters. The van der Waals surface area contributed by atoms with Gasteiger partial charge in [0.2, 0.25) is 0 Å². The molecule has 0 spiro atoms. The summed E-state index contributed by atoms with van der Waals surface area (Å²) in [5.74, 6) is 0.194. The first-order valence-electron chi connectivity index (χ1n) is 5.08. The van der Waals surface area contributed by atoms with E-state index in [0.29, 0.717) is 6.29 Å². The number of rotatable bonds is 7. The highest BCUT2D eigenvalue weighted by Gasteiger charge is 2.13. The maximum Gasteiger partial charge on any atom is 0.310 e. The Morgan fingerprint density at radius 3 is 2.76 bits per heavy atom. The average molecular weight is 239 g/mol. The van der Waals surface area contributed by atoms with Crippen LogP contribution in [0.1, 0.15) is 6.92 Å². The van der Waals surface area contributed by atoms with Crippen LogP contribution < -0.4 is 4.74 Å². The molecule has 0 saturated heterocycles. The Kier molecular flexibility index (Phi) is 5.09. The highest BCUT2D eigenvalue weighted by atomic mass is 16.6. The molecule has 0 heterocycles. The number of nitro groups is 1. The van der Waals surface area contributed by atoms with Crippen molar-refractivity contribution in [1.29, 1.82) is 0 Å². The fraction of sp³-hybridized carbons (Fsp3) is 0.364. The highest BCUT2D eigenvalue weighted by Crippen LogP contribution is 2.25. The number of hydrogen-bond acceptors (Lipinski definition) is 5. The van der Waals surface area contributed by atoms with Gasteiger partial charge in [-0.25, -0.2) is 0 Å². The van der Waals surface area contributed by atoms with Crippen molar-refractivity contribution < 1.29 is 19.2 Å². The second-order valence-electron chi connectivity index (χ2n) is 3.29. The van der Waals surface area contributed by atoms with Crippen LogP contribution in [0.15, 0.2) is 24.3 Å². The van der Waals surface area contributed by atoms with Gasteiger partial charge in [0.1, 0.15) is 19.0 Å². The maximum atomic E-state index is 10.7. The summed E-state index contributed by atoms with van der Waals surface area (Å²) in [4.78, 5) is 20.4. The van der Waals surface area contributed by atoms with Crippen molar-refractivity contribution in [3.63, 3.8) is 0 Å². The number of nitrogens with zero attached hydrogens (tertiary/aromatic N) is 1. The largest absolute Gasteiger partial charge is 0.484 e. The molecule has 6 nitrogen and oxygen atoms in total. The Morgan fingerprint density at radius 2 is 2.12 bits per heavy atom. The first kappa shape index (κ1) is 13.1. The molecule has 0 aromatic heterocycles. The van der Waals surface area contributed by atoms with E-state index in [2.05, 4.69) is 0 Å². The number of aldehydes is 1.